The van der Waals surface area contributed by atoms with E-state index in [9.17, 15) is 19.2 Å². The van der Waals surface area contributed by atoms with Gasteiger partial charge in [0.15, 0.2) is 0 Å². The number of aromatic amines is 2. The standard InChI is InChI=1S/C47H50N12O5/c1-5-59-38(21-34(56-59)28-13-14-28)52-43-41-32-19-24(2)31(40-25(3)57-64-26(40)4)20-35(32)51-42(41)54-44(55-43)46(62)48-18-17-29-22-49-37(50-29)12-7-6-9-27-10-8-11-30-33(27)23-58(47(30)63)36-15-16-39(60)53-45(36)61/h8,10-11,19-22,28,36H,5-7,9,12-18,23H2,1-4H3,(H,48,62)(H,49,50)(H,53,60,61)(H2,51,52,54,55). The maximum absolute atomic E-state index is 13.8. The molecule has 0 spiro atoms. The molecule has 17 heteroatoms. The van der Waals surface area contributed by atoms with Gasteiger partial charge in [0.2, 0.25) is 17.6 Å². The lowest BCUT2D eigenvalue weighted by Gasteiger charge is -2.29. The summed E-state index contributed by atoms with van der Waals surface area (Å²) < 4.78 is 7.44. The molecular formula is C47H50N12O5. The predicted octanol–water partition coefficient (Wildman–Crippen LogP) is 6.55. The van der Waals surface area contributed by atoms with Crippen molar-refractivity contribution in [2.75, 3.05) is 11.9 Å². The highest BCUT2D eigenvalue weighted by Crippen LogP contribution is 2.41. The molecule has 7 heterocycles. The number of imidazole rings is 1. The average molecular weight is 863 g/mol. The number of unbranched alkanes of at least 4 members (excludes halogenated alkanes) is 1. The molecule has 1 saturated heterocycles. The zero-order chi connectivity index (χ0) is 44.2. The van der Waals surface area contributed by atoms with Gasteiger partial charge in [0.05, 0.1) is 16.8 Å². The number of nitrogens with zero attached hydrogens (tertiary/aromatic N) is 7. The molecule has 2 aliphatic heterocycles. The van der Waals surface area contributed by atoms with Gasteiger partial charge in [0.1, 0.15) is 34.9 Å². The van der Waals surface area contributed by atoms with E-state index < -0.39 is 17.9 Å². The van der Waals surface area contributed by atoms with Gasteiger partial charge in [-0.05, 0) is 107 Å². The van der Waals surface area contributed by atoms with Gasteiger partial charge in [-0.2, -0.15) is 5.10 Å². The van der Waals surface area contributed by atoms with Crippen molar-refractivity contribution >= 4 is 57.2 Å². The SMILES string of the molecule is CCn1nc(C2CC2)cc1Nc1nc(C(=O)NCCc2cnc(CCCCc3cccc4c3CN(C3CCC(=O)NC3=O)C4=O)[nH]2)nc2[nH]c3cc(-c4c(C)noc4C)c(C)cc3c12. The molecule has 5 N–H and O–H groups in total. The normalized spacial score (nSPS) is 16.3. The van der Waals surface area contributed by atoms with Gasteiger partial charge >= 0.3 is 0 Å². The number of anilines is 2. The van der Waals surface area contributed by atoms with E-state index in [2.05, 4.69) is 68.1 Å². The lowest BCUT2D eigenvalue weighted by molar-refractivity contribution is -0.136. The third-order valence-corrected chi connectivity index (χ3v) is 12.8. The fraction of sp³-hybridized carbons (Fsp3) is 0.383. The van der Waals surface area contributed by atoms with E-state index in [1.54, 1.807) is 11.1 Å². The van der Waals surface area contributed by atoms with Gasteiger partial charge < -0.3 is 30.0 Å². The summed E-state index contributed by atoms with van der Waals surface area (Å²) in [5.74, 6) is 2.19. The molecule has 328 valence electrons. The maximum Gasteiger partial charge on any atom is 0.289 e. The number of imide groups is 1. The fourth-order valence-electron chi connectivity index (χ4n) is 9.30. The molecule has 0 bridgehead atoms. The molecule has 1 saturated carbocycles. The molecule has 1 unspecified atom stereocenters. The number of hydrogen-bond donors (Lipinski definition) is 5. The van der Waals surface area contributed by atoms with Crippen molar-refractivity contribution in [1.29, 1.82) is 0 Å². The van der Waals surface area contributed by atoms with Crippen LogP contribution in [0.5, 0.6) is 0 Å². The van der Waals surface area contributed by atoms with Gasteiger partial charge in [0, 0.05) is 84.8 Å². The summed E-state index contributed by atoms with van der Waals surface area (Å²) in [6.45, 7) is 9.36. The van der Waals surface area contributed by atoms with Crippen LogP contribution in [0.4, 0.5) is 11.6 Å². The molecule has 64 heavy (non-hydrogen) atoms. The molecule has 10 rings (SSSR count). The number of aromatic nitrogens is 8. The van der Waals surface area contributed by atoms with E-state index in [0.29, 0.717) is 55.4 Å². The van der Waals surface area contributed by atoms with Crippen LogP contribution in [0.1, 0.15) is 118 Å². The highest BCUT2D eigenvalue weighted by atomic mass is 16.5. The van der Waals surface area contributed by atoms with Gasteiger partial charge in [-0.3, -0.25) is 24.5 Å². The van der Waals surface area contributed by atoms with E-state index >= 15 is 0 Å². The smallest absolute Gasteiger partial charge is 0.289 e. The van der Waals surface area contributed by atoms with Crippen molar-refractivity contribution in [3.8, 4) is 11.1 Å². The Morgan fingerprint density at radius 1 is 0.969 bits per heavy atom. The van der Waals surface area contributed by atoms with E-state index in [1.807, 2.05) is 36.7 Å². The number of fused-ring (bicyclic) bond motifs is 4. The molecule has 0 radical (unpaired) electrons. The maximum atomic E-state index is 13.8. The number of rotatable bonds is 15. The van der Waals surface area contributed by atoms with Gasteiger partial charge in [-0.1, -0.05) is 17.3 Å². The molecule has 5 aromatic heterocycles. The van der Waals surface area contributed by atoms with E-state index in [-0.39, 0.29) is 24.1 Å². The van der Waals surface area contributed by atoms with Gasteiger partial charge in [0.25, 0.3) is 11.8 Å². The lowest BCUT2D eigenvalue weighted by atomic mass is 9.97. The van der Waals surface area contributed by atoms with Crippen LogP contribution in [0.3, 0.4) is 0 Å². The largest absolute Gasteiger partial charge is 0.361 e. The molecule has 4 amide bonds. The van der Waals surface area contributed by atoms with Crippen LogP contribution in [0.25, 0.3) is 33.1 Å². The molecule has 1 atom stereocenters. The van der Waals surface area contributed by atoms with Crippen LogP contribution in [0.2, 0.25) is 0 Å². The molecule has 2 fully saturated rings. The second-order valence-electron chi connectivity index (χ2n) is 17.2. The minimum atomic E-state index is -0.632. The van der Waals surface area contributed by atoms with Crippen molar-refractivity contribution in [2.24, 2.45) is 0 Å². The topological polar surface area (TPSA) is 222 Å². The molecule has 17 nitrogen and oxygen atoms in total. The molecular weight excluding hydrogens is 813 g/mol. The van der Waals surface area contributed by atoms with Gasteiger partial charge in [-0.25, -0.2) is 19.6 Å². The van der Waals surface area contributed by atoms with Crippen molar-refractivity contribution in [1.82, 2.24) is 55.4 Å². The van der Waals surface area contributed by atoms with Crippen molar-refractivity contribution in [3.05, 3.63) is 99.3 Å². The van der Waals surface area contributed by atoms with E-state index in [1.165, 1.54) is 0 Å². The first-order valence-corrected chi connectivity index (χ1v) is 22.2. The quantitative estimate of drug-likeness (QED) is 0.0549. The number of H-pyrrole nitrogens is 2. The number of piperidine rings is 1. The summed E-state index contributed by atoms with van der Waals surface area (Å²) >= 11 is 0. The number of hydrogen-bond acceptors (Lipinski definition) is 11. The summed E-state index contributed by atoms with van der Waals surface area (Å²) in [5.41, 5.74) is 9.86. The number of carbonyl (C=O) groups excluding carboxylic acids is 4. The summed E-state index contributed by atoms with van der Waals surface area (Å²) in [5, 5.41) is 19.7. The number of aryl methyl sites for hydroxylation is 6. The predicted molar refractivity (Wildman–Crippen MR) is 238 cm³/mol. The first-order chi connectivity index (χ1) is 31.0. The Morgan fingerprint density at radius 2 is 1.81 bits per heavy atom. The third-order valence-electron chi connectivity index (χ3n) is 12.8. The van der Waals surface area contributed by atoms with Crippen LogP contribution in [-0.4, -0.2) is 81.0 Å². The Bertz CT molecular complexity index is 2990. The lowest BCUT2D eigenvalue weighted by Crippen LogP contribution is -2.52. The number of amides is 4. The molecule has 3 aliphatic rings. The first-order valence-electron chi connectivity index (χ1n) is 22.2. The summed E-state index contributed by atoms with van der Waals surface area (Å²) in [6, 6.07) is 11.4. The number of carbonyl (C=O) groups is 4. The van der Waals surface area contributed by atoms with Crippen LogP contribution in [0.15, 0.2) is 47.1 Å². The Hall–Kier alpha value is -7.17. The summed E-state index contributed by atoms with van der Waals surface area (Å²) in [4.78, 5) is 73.9. The molecule has 2 aromatic carbocycles. The van der Waals surface area contributed by atoms with E-state index in [4.69, 9.17) is 19.6 Å². The molecule has 1 aliphatic carbocycles. The Kier molecular flexibility index (Phi) is 10.5. The van der Waals surface area contributed by atoms with Crippen LogP contribution in [-0.2, 0) is 41.9 Å². The number of benzene rings is 2. The van der Waals surface area contributed by atoms with Crippen molar-refractivity contribution < 1.29 is 23.7 Å². The monoisotopic (exact) mass is 862 g/mol. The van der Waals surface area contributed by atoms with Crippen molar-refractivity contribution in [3.63, 3.8) is 0 Å². The third kappa shape index (κ3) is 7.68. The highest BCUT2D eigenvalue weighted by Gasteiger charge is 2.39. The van der Waals surface area contributed by atoms with Gasteiger partial charge in [-0.15, -0.1) is 0 Å². The Morgan fingerprint density at radius 3 is 2.59 bits per heavy atom. The minimum Gasteiger partial charge on any atom is -0.361 e. The zero-order valence-corrected chi connectivity index (χ0v) is 36.4. The van der Waals surface area contributed by atoms with Crippen molar-refractivity contribution in [2.45, 2.75) is 111 Å². The zero-order valence-electron chi connectivity index (χ0n) is 36.4. The second kappa shape index (κ2) is 16.5. The summed E-state index contributed by atoms with van der Waals surface area (Å²) in [7, 11) is 0. The number of nitrogens with one attached hydrogen (secondary N) is 5. The Labute approximate surface area is 368 Å². The van der Waals surface area contributed by atoms with Crippen LogP contribution < -0.4 is 16.0 Å². The van der Waals surface area contributed by atoms with E-state index in [0.717, 1.165) is 117 Å². The highest BCUT2D eigenvalue weighted by molar-refractivity contribution is 6.13. The average Bonchev–Trinajstić information content (AvgIpc) is 3.52. The summed E-state index contributed by atoms with van der Waals surface area (Å²) in [6.07, 6.45) is 8.48. The fourth-order valence-corrected chi connectivity index (χ4v) is 9.30. The minimum absolute atomic E-state index is 0.0385. The second-order valence-corrected chi connectivity index (χ2v) is 17.2. The van der Waals surface area contributed by atoms with Crippen LogP contribution >= 0.6 is 0 Å². The van der Waals surface area contributed by atoms with Crippen LogP contribution in [0, 0.1) is 20.8 Å². The molecule has 7 aromatic rings. The Balaban J connectivity index is 0.800. The first kappa shape index (κ1) is 40.9.